The van der Waals surface area contributed by atoms with Crippen LogP contribution in [0.25, 0.3) is 0 Å². The smallest absolute Gasteiger partial charge is 0.234 e. The first-order valence-electron chi connectivity index (χ1n) is 8.26. The zero-order valence-corrected chi connectivity index (χ0v) is 13.0. The van der Waals surface area contributed by atoms with Gasteiger partial charge in [0, 0.05) is 12.1 Å². The van der Waals surface area contributed by atoms with Gasteiger partial charge in [-0.15, -0.1) is 0 Å². The van der Waals surface area contributed by atoms with E-state index in [0.29, 0.717) is 24.4 Å². The van der Waals surface area contributed by atoms with E-state index in [9.17, 15) is 9.90 Å². The fraction of sp³-hybridized carbons (Fsp3) is 0.938. The third kappa shape index (κ3) is 3.95. The molecule has 116 valence electrons. The molecule has 1 aliphatic carbocycles. The Hall–Kier alpha value is -0.610. The van der Waals surface area contributed by atoms with Crippen molar-refractivity contribution in [1.82, 2.24) is 10.2 Å². The maximum absolute atomic E-state index is 12.3. The molecule has 1 heterocycles. The second-order valence-corrected chi connectivity index (χ2v) is 6.78. The molecule has 0 aromatic heterocycles. The Morgan fingerprint density at radius 3 is 2.55 bits per heavy atom. The van der Waals surface area contributed by atoms with Gasteiger partial charge >= 0.3 is 0 Å². The van der Waals surface area contributed by atoms with Crippen LogP contribution < -0.4 is 5.32 Å². The van der Waals surface area contributed by atoms with Crippen LogP contribution >= 0.6 is 0 Å². The van der Waals surface area contributed by atoms with Gasteiger partial charge in [0.2, 0.25) is 5.91 Å². The van der Waals surface area contributed by atoms with E-state index in [4.69, 9.17) is 0 Å². The van der Waals surface area contributed by atoms with Crippen LogP contribution in [0, 0.1) is 11.8 Å². The largest absolute Gasteiger partial charge is 0.395 e. The van der Waals surface area contributed by atoms with Crippen LogP contribution in [-0.2, 0) is 4.79 Å². The van der Waals surface area contributed by atoms with Crippen molar-refractivity contribution in [3.63, 3.8) is 0 Å². The summed E-state index contributed by atoms with van der Waals surface area (Å²) in [6, 6.07) is 0.504. The van der Waals surface area contributed by atoms with Gasteiger partial charge in [0.15, 0.2) is 0 Å². The fourth-order valence-corrected chi connectivity index (χ4v) is 3.79. The number of aliphatic hydroxyl groups is 1. The van der Waals surface area contributed by atoms with Crippen LogP contribution in [-0.4, -0.2) is 47.7 Å². The van der Waals surface area contributed by atoms with Crippen LogP contribution in [0.1, 0.15) is 52.4 Å². The van der Waals surface area contributed by atoms with Gasteiger partial charge in [-0.25, -0.2) is 0 Å². The van der Waals surface area contributed by atoms with Gasteiger partial charge < -0.3 is 10.4 Å². The quantitative estimate of drug-likeness (QED) is 0.826. The molecule has 2 N–H and O–H groups in total. The van der Waals surface area contributed by atoms with E-state index in [2.05, 4.69) is 24.1 Å². The number of nitrogens with zero attached hydrogens (tertiary/aromatic N) is 1. The molecule has 2 aliphatic rings. The molecule has 4 atom stereocenters. The van der Waals surface area contributed by atoms with Crippen LogP contribution in [0.15, 0.2) is 0 Å². The zero-order valence-electron chi connectivity index (χ0n) is 13.0. The molecule has 0 radical (unpaired) electrons. The first kappa shape index (κ1) is 15.8. The van der Waals surface area contributed by atoms with Gasteiger partial charge in [-0.1, -0.05) is 26.7 Å². The molecular weight excluding hydrogens is 252 g/mol. The minimum absolute atomic E-state index is 0.135. The van der Waals surface area contributed by atoms with E-state index in [0.717, 1.165) is 25.8 Å². The number of hydrogen-bond acceptors (Lipinski definition) is 3. The van der Waals surface area contributed by atoms with E-state index in [1.54, 1.807) is 0 Å². The first-order valence-corrected chi connectivity index (χ1v) is 8.26. The fourth-order valence-electron chi connectivity index (χ4n) is 3.79. The highest BCUT2D eigenvalue weighted by Gasteiger charge is 2.30. The monoisotopic (exact) mass is 282 g/mol. The lowest BCUT2D eigenvalue weighted by atomic mass is 9.86. The average molecular weight is 282 g/mol. The molecule has 1 saturated carbocycles. The lowest BCUT2D eigenvalue weighted by molar-refractivity contribution is -0.125. The summed E-state index contributed by atoms with van der Waals surface area (Å²) in [6.45, 7) is 5.95. The predicted octanol–water partition coefficient (Wildman–Crippen LogP) is 1.77. The van der Waals surface area contributed by atoms with Crippen molar-refractivity contribution in [1.29, 1.82) is 0 Å². The van der Waals surface area contributed by atoms with Gasteiger partial charge in [0.1, 0.15) is 0 Å². The molecular formula is C16H30N2O2. The molecule has 2 fully saturated rings. The average Bonchev–Trinajstić information content (AvgIpc) is 2.42. The third-order valence-electron chi connectivity index (χ3n) is 5.22. The number of carbonyl (C=O) groups is 1. The second-order valence-electron chi connectivity index (χ2n) is 6.78. The normalized spacial score (nSPS) is 35.8. The Morgan fingerprint density at radius 2 is 1.85 bits per heavy atom. The second kappa shape index (κ2) is 7.41. The number of hydrogen-bond donors (Lipinski definition) is 2. The molecule has 1 amide bonds. The van der Waals surface area contributed by atoms with Crippen LogP contribution in [0.3, 0.4) is 0 Å². The van der Waals surface area contributed by atoms with Crippen LogP contribution in [0.4, 0.5) is 0 Å². The van der Waals surface area contributed by atoms with Crippen molar-refractivity contribution in [2.45, 2.75) is 64.5 Å². The summed E-state index contributed by atoms with van der Waals surface area (Å²) in [5, 5.41) is 12.7. The summed E-state index contributed by atoms with van der Waals surface area (Å²) in [5.41, 5.74) is 0. The molecule has 20 heavy (non-hydrogen) atoms. The predicted molar refractivity (Wildman–Crippen MR) is 80.4 cm³/mol. The topological polar surface area (TPSA) is 52.6 Å². The molecule has 0 aromatic rings. The molecule has 0 spiro atoms. The number of amides is 1. The molecule has 1 saturated heterocycles. The van der Waals surface area contributed by atoms with Crippen molar-refractivity contribution in [2.24, 2.45) is 11.8 Å². The molecule has 1 aliphatic heterocycles. The molecule has 4 heteroatoms. The van der Waals surface area contributed by atoms with E-state index in [-0.39, 0.29) is 18.6 Å². The summed E-state index contributed by atoms with van der Waals surface area (Å²) in [6.07, 6.45) is 7.16. The highest BCUT2D eigenvalue weighted by molar-refractivity contribution is 5.78. The van der Waals surface area contributed by atoms with Crippen molar-refractivity contribution >= 4 is 5.91 Å². The maximum atomic E-state index is 12.3. The van der Waals surface area contributed by atoms with E-state index < -0.39 is 0 Å². The van der Waals surface area contributed by atoms with E-state index >= 15 is 0 Å². The summed E-state index contributed by atoms with van der Waals surface area (Å²) in [5.74, 6) is 1.22. The van der Waals surface area contributed by atoms with E-state index in [1.807, 2.05) is 0 Å². The van der Waals surface area contributed by atoms with Crippen molar-refractivity contribution in [3.05, 3.63) is 0 Å². The van der Waals surface area contributed by atoms with Gasteiger partial charge in [-0.2, -0.15) is 0 Å². The summed E-state index contributed by atoms with van der Waals surface area (Å²) in [4.78, 5) is 14.4. The minimum atomic E-state index is 0.135. The lowest BCUT2D eigenvalue weighted by Gasteiger charge is -2.39. The summed E-state index contributed by atoms with van der Waals surface area (Å²) < 4.78 is 0. The number of piperidine rings is 1. The number of aliphatic hydroxyl groups excluding tert-OH is 1. The number of nitrogens with one attached hydrogen (secondary N) is 1. The molecule has 4 nitrogen and oxygen atoms in total. The van der Waals surface area contributed by atoms with Gasteiger partial charge in [-0.3, -0.25) is 9.69 Å². The summed E-state index contributed by atoms with van der Waals surface area (Å²) in [7, 11) is 0. The Morgan fingerprint density at radius 1 is 1.15 bits per heavy atom. The standard InChI is InChI=1S/C16H30N2O2/c1-12-6-3-4-8-14(12)17-16(20)10-18-9-5-7-13(2)15(18)11-19/h12-15,19H,3-11H2,1-2H3,(H,17,20). The molecule has 0 bridgehead atoms. The van der Waals surface area contributed by atoms with E-state index in [1.165, 1.54) is 19.3 Å². The van der Waals surface area contributed by atoms with Crippen molar-refractivity contribution in [2.75, 3.05) is 19.7 Å². The molecule has 4 unspecified atom stereocenters. The minimum Gasteiger partial charge on any atom is -0.395 e. The number of likely N-dealkylation sites (tertiary alicyclic amines) is 1. The molecule has 0 aromatic carbocycles. The van der Waals surface area contributed by atoms with Gasteiger partial charge in [0.25, 0.3) is 0 Å². The molecule has 2 rings (SSSR count). The van der Waals surface area contributed by atoms with Gasteiger partial charge in [-0.05, 0) is 44.1 Å². The highest BCUT2D eigenvalue weighted by atomic mass is 16.3. The third-order valence-corrected chi connectivity index (χ3v) is 5.22. The Kier molecular flexibility index (Phi) is 5.85. The Labute approximate surface area is 122 Å². The van der Waals surface area contributed by atoms with Gasteiger partial charge in [0.05, 0.1) is 13.2 Å². The first-order chi connectivity index (χ1) is 9.61. The number of rotatable bonds is 4. The van der Waals surface area contributed by atoms with Crippen molar-refractivity contribution in [3.8, 4) is 0 Å². The Bertz CT molecular complexity index is 322. The SMILES string of the molecule is CC1CCCCC1NC(=O)CN1CCCC(C)C1CO. The zero-order chi connectivity index (χ0) is 14.5. The summed E-state index contributed by atoms with van der Waals surface area (Å²) >= 11 is 0. The highest BCUT2D eigenvalue weighted by Crippen LogP contribution is 2.25. The van der Waals surface area contributed by atoms with Crippen molar-refractivity contribution < 1.29 is 9.90 Å². The lowest BCUT2D eigenvalue weighted by Crippen LogP contribution is -2.52. The Balaban J connectivity index is 1.83. The maximum Gasteiger partial charge on any atom is 0.234 e. The number of carbonyl (C=O) groups excluding carboxylic acids is 1. The van der Waals surface area contributed by atoms with Crippen LogP contribution in [0.2, 0.25) is 0 Å². The van der Waals surface area contributed by atoms with Crippen LogP contribution in [0.5, 0.6) is 0 Å².